The number of hydrogen-bond acceptors (Lipinski definition) is 3. The van der Waals surface area contributed by atoms with Crippen molar-refractivity contribution in [3.8, 4) is 0 Å². The summed E-state index contributed by atoms with van der Waals surface area (Å²) in [6.07, 6.45) is 11.6. The second kappa shape index (κ2) is 4.66. The Labute approximate surface area is 145 Å². The minimum Gasteiger partial charge on any atom is -0.390 e. The zero-order chi connectivity index (χ0) is 16.7. The molecule has 0 spiro atoms. The average Bonchev–Trinajstić information content (AvgIpc) is 3.06. The Morgan fingerprint density at radius 3 is 2.71 bits per heavy atom. The second-order valence-corrected chi connectivity index (χ2v) is 10.1. The van der Waals surface area contributed by atoms with Gasteiger partial charge in [0.05, 0.1) is 11.3 Å². The number of nitrogens with zero attached hydrogens (tertiary/aromatic N) is 1. The molecule has 3 heteroatoms. The zero-order valence-electron chi connectivity index (χ0n) is 15.3. The SMILES string of the molecule is C[C@]12Cc3conc3C[C@@H]1CC[C@@H]1[C@@H]2CC[C@]2(C)[C@H]1CC[C@]2(C)O. The van der Waals surface area contributed by atoms with Gasteiger partial charge in [-0.25, -0.2) is 0 Å². The molecule has 3 nitrogen and oxygen atoms in total. The third-order valence-corrected chi connectivity index (χ3v) is 9.37. The summed E-state index contributed by atoms with van der Waals surface area (Å²) < 4.78 is 5.28. The van der Waals surface area contributed by atoms with Crippen LogP contribution in [0.15, 0.2) is 10.8 Å². The normalized spacial score (nSPS) is 53.0. The quantitative estimate of drug-likeness (QED) is 0.768. The molecule has 3 fully saturated rings. The first-order chi connectivity index (χ1) is 11.4. The summed E-state index contributed by atoms with van der Waals surface area (Å²) in [7, 11) is 0. The van der Waals surface area contributed by atoms with Crippen LogP contribution in [-0.4, -0.2) is 15.9 Å². The molecule has 0 unspecified atom stereocenters. The average molecular weight is 329 g/mol. The van der Waals surface area contributed by atoms with Crippen molar-refractivity contribution in [1.82, 2.24) is 5.16 Å². The van der Waals surface area contributed by atoms with Gasteiger partial charge in [0.2, 0.25) is 0 Å². The summed E-state index contributed by atoms with van der Waals surface area (Å²) in [5, 5.41) is 15.3. The maximum absolute atomic E-state index is 11.0. The van der Waals surface area contributed by atoms with Crippen LogP contribution < -0.4 is 0 Å². The van der Waals surface area contributed by atoms with Gasteiger partial charge in [-0.1, -0.05) is 19.0 Å². The molecule has 1 aromatic heterocycles. The van der Waals surface area contributed by atoms with E-state index in [1.165, 1.54) is 43.4 Å². The molecule has 132 valence electrons. The first kappa shape index (κ1) is 15.4. The fourth-order valence-electron chi connectivity index (χ4n) is 7.63. The van der Waals surface area contributed by atoms with Gasteiger partial charge < -0.3 is 9.63 Å². The summed E-state index contributed by atoms with van der Waals surface area (Å²) in [4.78, 5) is 0. The smallest absolute Gasteiger partial charge is 0.127 e. The van der Waals surface area contributed by atoms with Gasteiger partial charge in [0.15, 0.2) is 0 Å². The largest absolute Gasteiger partial charge is 0.390 e. The Kier molecular flexibility index (Phi) is 3.00. The van der Waals surface area contributed by atoms with Gasteiger partial charge in [-0.3, -0.25) is 0 Å². The van der Waals surface area contributed by atoms with E-state index in [0.717, 1.165) is 37.0 Å². The number of fused-ring (bicyclic) bond motifs is 6. The van der Waals surface area contributed by atoms with E-state index in [1.807, 2.05) is 6.26 Å². The fraction of sp³-hybridized carbons (Fsp3) is 0.857. The van der Waals surface area contributed by atoms with Gasteiger partial charge in [-0.05, 0) is 92.8 Å². The molecule has 5 rings (SSSR count). The summed E-state index contributed by atoms with van der Waals surface area (Å²) in [6, 6.07) is 0. The minimum absolute atomic E-state index is 0.133. The molecule has 0 aliphatic heterocycles. The Balaban J connectivity index is 1.50. The van der Waals surface area contributed by atoms with Gasteiger partial charge in [-0.2, -0.15) is 0 Å². The van der Waals surface area contributed by atoms with Crippen LogP contribution in [0.4, 0.5) is 0 Å². The molecule has 0 saturated heterocycles. The Bertz CT molecular complexity index is 665. The zero-order valence-corrected chi connectivity index (χ0v) is 15.3. The molecule has 0 amide bonds. The lowest BCUT2D eigenvalue weighted by atomic mass is 9.44. The molecule has 1 N–H and O–H groups in total. The Morgan fingerprint density at radius 2 is 1.88 bits per heavy atom. The topological polar surface area (TPSA) is 46.3 Å². The van der Waals surface area contributed by atoms with E-state index in [2.05, 4.69) is 25.9 Å². The summed E-state index contributed by atoms with van der Waals surface area (Å²) >= 11 is 0. The van der Waals surface area contributed by atoms with Gasteiger partial charge in [0.1, 0.15) is 6.26 Å². The van der Waals surface area contributed by atoms with Crippen LogP contribution in [-0.2, 0) is 12.8 Å². The van der Waals surface area contributed by atoms with Crippen molar-refractivity contribution >= 4 is 0 Å². The number of rotatable bonds is 0. The molecular formula is C21H31NO2. The molecule has 0 bridgehead atoms. The van der Waals surface area contributed by atoms with Crippen molar-refractivity contribution in [2.75, 3.05) is 0 Å². The monoisotopic (exact) mass is 329 g/mol. The lowest BCUT2D eigenvalue weighted by molar-refractivity contribution is -0.139. The first-order valence-electron chi connectivity index (χ1n) is 10.00. The maximum atomic E-state index is 11.0. The van der Waals surface area contributed by atoms with Gasteiger partial charge >= 0.3 is 0 Å². The van der Waals surface area contributed by atoms with Crippen LogP contribution in [0, 0.1) is 34.5 Å². The van der Waals surface area contributed by atoms with Crippen molar-refractivity contribution in [3.63, 3.8) is 0 Å². The van der Waals surface area contributed by atoms with Crippen LogP contribution in [0.25, 0.3) is 0 Å². The van der Waals surface area contributed by atoms with Crippen molar-refractivity contribution in [1.29, 1.82) is 0 Å². The number of aliphatic hydroxyl groups is 1. The first-order valence-corrected chi connectivity index (χ1v) is 10.00. The van der Waals surface area contributed by atoms with Crippen molar-refractivity contribution in [2.24, 2.45) is 34.5 Å². The van der Waals surface area contributed by atoms with Gasteiger partial charge in [0, 0.05) is 5.56 Å². The van der Waals surface area contributed by atoms with Crippen LogP contribution in [0.5, 0.6) is 0 Å². The highest BCUT2D eigenvalue weighted by molar-refractivity contribution is 5.25. The lowest BCUT2D eigenvalue weighted by Crippen LogP contribution is -2.56. The highest BCUT2D eigenvalue weighted by Crippen LogP contribution is 2.67. The molecule has 1 heterocycles. The van der Waals surface area contributed by atoms with E-state index in [-0.39, 0.29) is 5.41 Å². The van der Waals surface area contributed by atoms with Crippen LogP contribution in [0.2, 0.25) is 0 Å². The second-order valence-electron chi connectivity index (χ2n) is 10.1. The van der Waals surface area contributed by atoms with Crippen molar-refractivity contribution < 1.29 is 9.63 Å². The van der Waals surface area contributed by atoms with E-state index in [1.54, 1.807) is 0 Å². The van der Waals surface area contributed by atoms with Crippen LogP contribution in [0.3, 0.4) is 0 Å². The number of hydrogen-bond donors (Lipinski definition) is 1. The van der Waals surface area contributed by atoms with Crippen molar-refractivity contribution in [3.05, 3.63) is 17.5 Å². The summed E-state index contributed by atoms with van der Waals surface area (Å²) in [5.41, 5.74) is 2.65. The van der Waals surface area contributed by atoms with Crippen LogP contribution in [0.1, 0.15) is 70.6 Å². The van der Waals surface area contributed by atoms with Crippen molar-refractivity contribution in [2.45, 2.75) is 77.7 Å². The predicted octanol–water partition coefficient (Wildman–Crippen LogP) is 4.38. The van der Waals surface area contributed by atoms with Crippen LogP contribution >= 0.6 is 0 Å². The fourth-order valence-corrected chi connectivity index (χ4v) is 7.63. The lowest BCUT2D eigenvalue weighted by Gasteiger charge is -2.60. The Morgan fingerprint density at radius 1 is 1.08 bits per heavy atom. The molecule has 24 heavy (non-hydrogen) atoms. The van der Waals surface area contributed by atoms with E-state index in [0.29, 0.717) is 11.3 Å². The van der Waals surface area contributed by atoms with E-state index >= 15 is 0 Å². The van der Waals surface area contributed by atoms with E-state index in [4.69, 9.17) is 4.52 Å². The van der Waals surface area contributed by atoms with Gasteiger partial charge in [0.25, 0.3) is 0 Å². The molecule has 7 atom stereocenters. The third-order valence-electron chi connectivity index (χ3n) is 9.37. The summed E-state index contributed by atoms with van der Waals surface area (Å²) in [5.74, 6) is 3.10. The minimum atomic E-state index is -0.464. The molecule has 3 saturated carbocycles. The van der Waals surface area contributed by atoms with E-state index < -0.39 is 5.60 Å². The molecule has 1 aromatic rings. The highest BCUT2D eigenvalue weighted by Gasteiger charge is 2.63. The Hall–Kier alpha value is -0.830. The maximum Gasteiger partial charge on any atom is 0.127 e. The molecule has 0 aromatic carbocycles. The molecule has 0 radical (unpaired) electrons. The molecular weight excluding hydrogens is 298 g/mol. The molecule has 4 aliphatic rings. The summed E-state index contributed by atoms with van der Waals surface area (Å²) in [6.45, 7) is 7.04. The number of aromatic nitrogens is 1. The molecule has 4 aliphatic carbocycles. The predicted molar refractivity (Wildman–Crippen MR) is 92.4 cm³/mol. The third kappa shape index (κ3) is 1.75. The van der Waals surface area contributed by atoms with Gasteiger partial charge in [-0.15, -0.1) is 0 Å². The van der Waals surface area contributed by atoms with E-state index in [9.17, 15) is 5.11 Å². The standard InChI is InChI=1S/C21H31NO2/c1-19-11-13-12-24-22-18(13)10-14(19)4-5-15-16(19)6-8-20(2)17(15)7-9-21(20,3)23/h12,14-17,23H,4-11H2,1-3H3/t14-,15+,16-,17-,19-,20+,21-/m0/s1. The highest BCUT2D eigenvalue weighted by atomic mass is 16.5.